The Morgan fingerprint density at radius 1 is 1.11 bits per heavy atom. The molecule has 0 spiro atoms. The van der Waals surface area contributed by atoms with Crippen molar-refractivity contribution in [2.75, 3.05) is 6.26 Å². The van der Waals surface area contributed by atoms with E-state index in [-0.39, 0.29) is 0 Å². The van der Waals surface area contributed by atoms with Crippen LogP contribution >= 0.6 is 0 Å². The van der Waals surface area contributed by atoms with Crippen molar-refractivity contribution < 1.29 is 8.42 Å². The minimum Gasteiger partial charge on any atom is -0.261 e. The summed E-state index contributed by atoms with van der Waals surface area (Å²) < 4.78 is 22.6. The maximum atomic E-state index is 11.3. The largest absolute Gasteiger partial charge is 0.261 e. The van der Waals surface area contributed by atoms with E-state index < -0.39 is 9.84 Å². The smallest absolute Gasteiger partial charge is 0.175 e. The van der Waals surface area contributed by atoms with E-state index in [2.05, 4.69) is 9.98 Å². The zero-order chi connectivity index (χ0) is 13.9. The Morgan fingerprint density at radius 3 is 2.32 bits per heavy atom. The monoisotopic (exact) mass is 274 g/mol. The molecule has 0 aliphatic carbocycles. The third-order valence-electron chi connectivity index (χ3n) is 2.56. The third-order valence-corrected chi connectivity index (χ3v) is 3.69. The molecular formula is C14H14N2O2S. The van der Waals surface area contributed by atoms with Gasteiger partial charge in [-0.05, 0) is 37.3 Å². The van der Waals surface area contributed by atoms with Crippen molar-refractivity contribution in [3.63, 3.8) is 0 Å². The average molecular weight is 274 g/mol. The Balaban J connectivity index is 2.18. The zero-order valence-electron chi connectivity index (χ0n) is 10.7. The van der Waals surface area contributed by atoms with Crippen molar-refractivity contribution in [2.24, 2.45) is 4.99 Å². The fraction of sp³-hybridized carbons (Fsp3) is 0.143. The summed E-state index contributed by atoms with van der Waals surface area (Å²) in [6.45, 7) is 1.92. The third kappa shape index (κ3) is 3.72. The van der Waals surface area contributed by atoms with Gasteiger partial charge in [0.15, 0.2) is 9.84 Å². The lowest BCUT2D eigenvalue weighted by Gasteiger charge is -1.98. The molecule has 2 rings (SSSR count). The summed E-state index contributed by atoms with van der Waals surface area (Å²) in [5, 5.41) is 0. The van der Waals surface area contributed by atoms with Gasteiger partial charge in [-0.2, -0.15) is 0 Å². The number of rotatable bonds is 3. The second kappa shape index (κ2) is 5.32. The zero-order valence-corrected chi connectivity index (χ0v) is 11.6. The van der Waals surface area contributed by atoms with E-state index in [1.807, 2.05) is 19.1 Å². The molecule has 0 saturated carbocycles. The topological polar surface area (TPSA) is 59.4 Å². The molecule has 1 aromatic heterocycles. The summed E-state index contributed by atoms with van der Waals surface area (Å²) in [7, 11) is -3.15. The Kier molecular flexibility index (Phi) is 3.76. The van der Waals surface area contributed by atoms with Gasteiger partial charge in [0.05, 0.1) is 10.6 Å². The molecule has 0 aliphatic heterocycles. The molecule has 0 N–H and O–H groups in total. The van der Waals surface area contributed by atoms with Crippen molar-refractivity contribution >= 4 is 21.7 Å². The maximum Gasteiger partial charge on any atom is 0.175 e. The van der Waals surface area contributed by atoms with E-state index in [4.69, 9.17) is 0 Å². The van der Waals surface area contributed by atoms with Gasteiger partial charge in [-0.25, -0.2) is 8.42 Å². The first-order valence-corrected chi connectivity index (χ1v) is 7.61. The molecule has 1 aromatic carbocycles. The lowest BCUT2D eigenvalue weighted by atomic mass is 10.2. The van der Waals surface area contributed by atoms with Crippen LogP contribution in [0.5, 0.6) is 0 Å². The highest BCUT2D eigenvalue weighted by Crippen LogP contribution is 2.16. The number of aryl methyl sites for hydroxylation is 1. The van der Waals surface area contributed by atoms with Gasteiger partial charge in [0.2, 0.25) is 0 Å². The van der Waals surface area contributed by atoms with Crippen LogP contribution < -0.4 is 0 Å². The standard InChI is InChI=1S/C14H14N2O2S/c1-11-3-4-12(9-15-11)10-16-13-5-7-14(8-6-13)19(2,17)18/h3-10H,1-2H3. The van der Waals surface area contributed by atoms with Crippen molar-refractivity contribution in [1.82, 2.24) is 4.98 Å². The van der Waals surface area contributed by atoms with Crippen molar-refractivity contribution in [2.45, 2.75) is 11.8 Å². The Labute approximate surface area is 112 Å². The highest BCUT2D eigenvalue weighted by Gasteiger charge is 2.05. The van der Waals surface area contributed by atoms with Crippen LogP contribution in [0.25, 0.3) is 0 Å². The average Bonchev–Trinajstić information content (AvgIpc) is 2.37. The molecule has 0 radical (unpaired) electrons. The number of hydrogen-bond donors (Lipinski definition) is 0. The molecule has 19 heavy (non-hydrogen) atoms. The first-order chi connectivity index (χ1) is 8.95. The van der Waals surface area contributed by atoms with E-state index in [0.29, 0.717) is 10.6 Å². The van der Waals surface area contributed by atoms with E-state index in [1.54, 1.807) is 36.7 Å². The quantitative estimate of drug-likeness (QED) is 0.808. The lowest BCUT2D eigenvalue weighted by Crippen LogP contribution is -1.95. The van der Waals surface area contributed by atoms with Crippen molar-refractivity contribution in [3.05, 3.63) is 53.9 Å². The molecule has 2 aromatic rings. The van der Waals surface area contributed by atoms with Crippen LogP contribution in [-0.2, 0) is 9.84 Å². The van der Waals surface area contributed by atoms with Gasteiger partial charge in [0.25, 0.3) is 0 Å². The van der Waals surface area contributed by atoms with Gasteiger partial charge in [0, 0.05) is 29.9 Å². The number of nitrogens with zero attached hydrogens (tertiary/aromatic N) is 2. The first-order valence-electron chi connectivity index (χ1n) is 5.72. The molecule has 0 bridgehead atoms. The molecule has 0 aliphatic rings. The summed E-state index contributed by atoms with van der Waals surface area (Å²) in [6, 6.07) is 10.3. The molecule has 98 valence electrons. The number of sulfone groups is 1. The minimum atomic E-state index is -3.15. The molecule has 5 heteroatoms. The van der Waals surface area contributed by atoms with Crippen LogP contribution in [0, 0.1) is 6.92 Å². The van der Waals surface area contributed by atoms with E-state index in [0.717, 1.165) is 11.3 Å². The molecule has 0 saturated heterocycles. The van der Waals surface area contributed by atoms with Gasteiger partial charge in [-0.1, -0.05) is 6.07 Å². The van der Waals surface area contributed by atoms with Gasteiger partial charge < -0.3 is 0 Å². The Hall–Kier alpha value is -2.01. The number of benzene rings is 1. The second-order valence-electron chi connectivity index (χ2n) is 4.26. The van der Waals surface area contributed by atoms with Crippen LogP contribution in [0.2, 0.25) is 0 Å². The van der Waals surface area contributed by atoms with E-state index in [9.17, 15) is 8.42 Å². The molecule has 4 nitrogen and oxygen atoms in total. The fourth-order valence-corrected chi connectivity index (χ4v) is 2.11. The molecule has 0 amide bonds. The van der Waals surface area contributed by atoms with Crippen LogP contribution in [0.3, 0.4) is 0 Å². The highest BCUT2D eigenvalue weighted by atomic mass is 32.2. The number of aliphatic imine (C=N–C) groups is 1. The van der Waals surface area contributed by atoms with Crippen molar-refractivity contribution in [3.8, 4) is 0 Å². The Bertz CT molecular complexity index is 687. The van der Waals surface area contributed by atoms with Crippen LogP contribution in [0.4, 0.5) is 5.69 Å². The molecular weight excluding hydrogens is 260 g/mol. The van der Waals surface area contributed by atoms with Crippen molar-refractivity contribution in [1.29, 1.82) is 0 Å². The lowest BCUT2D eigenvalue weighted by molar-refractivity contribution is 0.602. The van der Waals surface area contributed by atoms with E-state index >= 15 is 0 Å². The summed E-state index contributed by atoms with van der Waals surface area (Å²) in [5.41, 5.74) is 2.56. The predicted molar refractivity (Wildman–Crippen MR) is 75.8 cm³/mol. The van der Waals surface area contributed by atoms with Gasteiger partial charge >= 0.3 is 0 Å². The number of hydrogen-bond acceptors (Lipinski definition) is 4. The van der Waals surface area contributed by atoms with Crippen LogP contribution in [0.15, 0.2) is 52.5 Å². The van der Waals surface area contributed by atoms with Crippen LogP contribution in [0.1, 0.15) is 11.3 Å². The maximum absolute atomic E-state index is 11.3. The predicted octanol–water partition coefficient (Wildman–Crippen LogP) is 2.54. The summed E-state index contributed by atoms with van der Waals surface area (Å²) in [6.07, 6.45) is 4.62. The molecule has 0 unspecified atom stereocenters. The van der Waals surface area contributed by atoms with Gasteiger partial charge in [-0.15, -0.1) is 0 Å². The fourth-order valence-electron chi connectivity index (χ4n) is 1.48. The highest BCUT2D eigenvalue weighted by molar-refractivity contribution is 7.90. The van der Waals surface area contributed by atoms with Gasteiger partial charge in [-0.3, -0.25) is 9.98 Å². The molecule has 0 fully saturated rings. The molecule has 1 heterocycles. The SMILES string of the molecule is Cc1ccc(C=Nc2ccc(S(C)(=O)=O)cc2)cn1. The Morgan fingerprint density at radius 2 is 1.79 bits per heavy atom. The normalized spacial score (nSPS) is 11.9. The first kappa shape index (κ1) is 13.4. The number of pyridine rings is 1. The number of aromatic nitrogens is 1. The van der Waals surface area contributed by atoms with Crippen LogP contribution in [-0.4, -0.2) is 25.9 Å². The summed E-state index contributed by atoms with van der Waals surface area (Å²) >= 11 is 0. The molecule has 0 atom stereocenters. The minimum absolute atomic E-state index is 0.295. The van der Waals surface area contributed by atoms with Gasteiger partial charge in [0.1, 0.15) is 0 Å². The van der Waals surface area contributed by atoms with E-state index in [1.165, 1.54) is 6.26 Å². The second-order valence-corrected chi connectivity index (χ2v) is 6.27. The summed E-state index contributed by atoms with van der Waals surface area (Å²) in [4.78, 5) is 8.73. The summed E-state index contributed by atoms with van der Waals surface area (Å²) in [5.74, 6) is 0.